The molecule has 0 unspecified atom stereocenters. The first-order valence-corrected chi connectivity index (χ1v) is 8.85. The minimum absolute atomic E-state index is 0.0930. The van der Waals surface area contributed by atoms with Gasteiger partial charge in [0.05, 0.1) is 10.5 Å². The van der Waals surface area contributed by atoms with Crippen LogP contribution in [-0.2, 0) is 10.0 Å². The number of sulfonamides is 1. The van der Waals surface area contributed by atoms with Crippen LogP contribution in [0.15, 0.2) is 47.4 Å². The zero-order valence-electron chi connectivity index (χ0n) is 12.5. The standard InChI is InChI=1S/C17H17NO4S/c19-12-15-10-14(6-7-17(15)20)13-4-3-5-16(11-13)23(21,22)18-8-1-2-9-18/h3-7,10-12,20H,1-2,8-9H2. The van der Waals surface area contributed by atoms with Gasteiger partial charge in [0, 0.05) is 13.1 Å². The Hall–Kier alpha value is -2.18. The van der Waals surface area contributed by atoms with Gasteiger partial charge in [0.1, 0.15) is 5.75 Å². The van der Waals surface area contributed by atoms with Gasteiger partial charge in [0.15, 0.2) is 6.29 Å². The summed E-state index contributed by atoms with van der Waals surface area (Å²) in [5.41, 5.74) is 1.55. The van der Waals surface area contributed by atoms with Crippen molar-refractivity contribution in [2.75, 3.05) is 13.1 Å². The van der Waals surface area contributed by atoms with Crippen molar-refractivity contribution in [2.45, 2.75) is 17.7 Å². The van der Waals surface area contributed by atoms with Crippen molar-refractivity contribution in [3.05, 3.63) is 48.0 Å². The summed E-state index contributed by atoms with van der Waals surface area (Å²) in [6, 6.07) is 11.3. The number of phenols is 1. The Morgan fingerprint density at radius 2 is 1.70 bits per heavy atom. The van der Waals surface area contributed by atoms with Crippen LogP contribution < -0.4 is 0 Å². The molecule has 1 saturated heterocycles. The van der Waals surface area contributed by atoms with E-state index in [1.165, 1.54) is 10.4 Å². The number of phenolic OH excluding ortho intramolecular Hbond substituents is 1. The number of hydrogen-bond acceptors (Lipinski definition) is 4. The average molecular weight is 331 g/mol. The first-order chi connectivity index (χ1) is 11.0. The predicted molar refractivity (Wildman–Crippen MR) is 86.9 cm³/mol. The highest BCUT2D eigenvalue weighted by Gasteiger charge is 2.27. The highest BCUT2D eigenvalue weighted by Crippen LogP contribution is 2.28. The number of hydrogen-bond donors (Lipinski definition) is 1. The molecule has 3 rings (SSSR count). The molecule has 5 nitrogen and oxygen atoms in total. The van der Waals surface area contributed by atoms with Crippen molar-refractivity contribution in [2.24, 2.45) is 0 Å². The molecule has 2 aromatic rings. The predicted octanol–water partition coefficient (Wildman–Crippen LogP) is 2.66. The lowest BCUT2D eigenvalue weighted by Crippen LogP contribution is -2.27. The maximum absolute atomic E-state index is 12.6. The van der Waals surface area contributed by atoms with Crippen LogP contribution in [0.3, 0.4) is 0 Å². The van der Waals surface area contributed by atoms with E-state index in [1.807, 2.05) is 0 Å². The zero-order valence-corrected chi connectivity index (χ0v) is 13.3. The molecule has 1 fully saturated rings. The zero-order chi connectivity index (χ0) is 16.4. The molecule has 0 spiro atoms. The van der Waals surface area contributed by atoms with E-state index in [4.69, 9.17) is 0 Å². The Balaban J connectivity index is 2.01. The highest BCUT2D eigenvalue weighted by molar-refractivity contribution is 7.89. The van der Waals surface area contributed by atoms with Gasteiger partial charge >= 0.3 is 0 Å². The maximum Gasteiger partial charge on any atom is 0.243 e. The van der Waals surface area contributed by atoms with E-state index in [1.54, 1.807) is 36.4 Å². The molecule has 1 N–H and O–H groups in total. The van der Waals surface area contributed by atoms with Gasteiger partial charge in [0.25, 0.3) is 0 Å². The van der Waals surface area contributed by atoms with Crippen LogP contribution >= 0.6 is 0 Å². The van der Waals surface area contributed by atoms with E-state index < -0.39 is 10.0 Å². The lowest BCUT2D eigenvalue weighted by Gasteiger charge is -2.16. The largest absolute Gasteiger partial charge is 0.507 e. The second kappa shape index (κ2) is 6.14. The lowest BCUT2D eigenvalue weighted by molar-refractivity contribution is 0.112. The fourth-order valence-electron chi connectivity index (χ4n) is 2.74. The summed E-state index contributed by atoms with van der Waals surface area (Å²) in [7, 11) is -3.48. The molecule has 0 saturated carbocycles. The Bertz CT molecular complexity index is 839. The monoisotopic (exact) mass is 331 g/mol. The molecular formula is C17H17NO4S. The van der Waals surface area contributed by atoms with Crippen LogP contribution in [0.25, 0.3) is 11.1 Å². The van der Waals surface area contributed by atoms with Gasteiger partial charge in [0.2, 0.25) is 10.0 Å². The summed E-state index contributed by atoms with van der Waals surface area (Å²) in [4.78, 5) is 11.2. The van der Waals surface area contributed by atoms with Crippen molar-refractivity contribution in [1.29, 1.82) is 0 Å². The summed E-state index contributed by atoms with van der Waals surface area (Å²) >= 11 is 0. The first-order valence-electron chi connectivity index (χ1n) is 7.41. The smallest absolute Gasteiger partial charge is 0.243 e. The fraction of sp³-hybridized carbons (Fsp3) is 0.235. The molecule has 0 radical (unpaired) electrons. The Morgan fingerprint density at radius 3 is 2.39 bits per heavy atom. The van der Waals surface area contributed by atoms with Gasteiger partial charge in [-0.05, 0) is 48.2 Å². The first kappa shape index (κ1) is 15.7. The molecule has 2 aromatic carbocycles. The third-order valence-electron chi connectivity index (χ3n) is 4.02. The molecule has 0 bridgehead atoms. The van der Waals surface area contributed by atoms with Crippen LogP contribution in [0.1, 0.15) is 23.2 Å². The molecule has 120 valence electrons. The molecule has 0 aliphatic carbocycles. The van der Waals surface area contributed by atoms with E-state index in [0.717, 1.165) is 12.8 Å². The number of nitrogens with zero attached hydrogens (tertiary/aromatic N) is 1. The number of aromatic hydroxyl groups is 1. The number of carbonyl (C=O) groups is 1. The van der Waals surface area contributed by atoms with E-state index in [-0.39, 0.29) is 16.2 Å². The van der Waals surface area contributed by atoms with Gasteiger partial charge < -0.3 is 5.11 Å². The van der Waals surface area contributed by atoms with Crippen LogP contribution in [0.2, 0.25) is 0 Å². The summed E-state index contributed by atoms with van der Waals surface area (Å²) in [6.45, 7) is 1.11. The van der Waals surface area contributed by atoms with Gasteiger partial charge in [-0.2, -0.15) is 4.31 Å². The number of carbonyl (C=O) groups excluding carboxylic acids is 1. The third kappa shape index (κ3) is 3.00. The molecule has 0 aromatic heterocycles. The summed E-state index contributed by atoms with van der Waals surface area (Å²) in [5.74, 6) is -0.0930. The Morgan fingerprint density at radius 1 is 1.00 bits per heavy atom. The van der Waals surface area contributed by atoms with Crippen LogP contribution in [0, 0.1) is 0 Å². The second-order valence-corrected chi connectivity index (χ2v) is 7.47. The Labute approximate surface area is 135 Å². The molecule has 1 heterocycles. The highest BCUT2D eigenvalue weighted by atomic mass is 32.2. The summed E-state index contributed by atoms with van der Waals surface area (Å²) in [6.07, 6.45) is 2.35. The lowest BCUT2D eigenvalue weighted by atomic mass is 10.0. The van der Waals surface area contributed by atoms with Crippen molar-refractivity contribution in [3.63, 3.8) is 0 Å². The topological polar surface area (TPSA) is 74.7 Å². The average Bonchev–Trinajstić information content (AvgIpc) is 3.11. The minimum Gasteiger partial charge on any atom is -0.507 e. The molecule has 0 atom stereocenters. The van der Waals surface area contributed by atoms with Gasteiger partial charge in [-0.15, -0.1) is 0 Å². The molecule has 6 heteroatoms. The molecule has 0 amide bonds. The van der Waals surface area contributed by atoms with E-state index in [9.17, 15) is 18.3 Å². The van der Waals surface area contributed by atoms with Crippen LogP contribution in [0.5, 0.6) is 5.75 Å². The summed E-state index contributed by atoms with van der Waals surface area (Å²) in [5, 5.41) is 9.58. The van der Waals surface area contributed by atoms with E-state index >= 15 is 0 Å². The maximum atomic E-state index is 12.6. The molecular weight excluding hydrogens is 314 g/mol. The van der Waals surface area contributed by atoms with Crippen molar-refractivity contribution >= 4 is 16.3 Å². The second-order valence-electron chi connectivity index (χ2n) is 5.53. The minimum atomic E-state index is -3.48. The Kier molecular flexibility index (Phi) is 4.19. The van der Waals surface area contributed by atoms with Crippen LogP contribution in [-0.4, -0.2) is 37.2 Å². The molecule has 1 aliphatic heterocycles. The van der Waals surface area contributed by atoms with Gasteiger partial charge in [-0.1, -0.05) is 18.2 Å². The van der Waals surface area contributed by atoms with E-state index in [0.29, 0.717) is 30.5 Å². The molecule has 23 heavy (non-hydrogen) atoms. The summed E-state index contributed by atoms with van der Waals surface area (Å²) < 4.78 is 26.7. The number of rotatable bonds is 4. The van der Waals surface area contributed by atoms with Crippen molar-refractivity contribution in [3.8, 4) is 16.9 Å². The quantitative estimate of drug-likeness (QED) is 0.874. The van der Waals surface area contributed by atoms with E-state index in [2.05, 4.69) is 0 Å². The SMILES string of the molecule is O=Cc1cc(-c2cccc(S(=O)(=O)N3CCCC3)c2)ccc1O. The normalized spacial score (nSPS) is 15.7. The number of aldehydes is 1. The fourth-order valence-corrected chi connectivity index (χ4v) is 4.31. The van der Waals surface area contributed by atoms with Gasteiger partial charge in [-0.25, -0.2) is 8.42 Å². The third-order valence-corrected chi connectivity index (χ3v) is 5.92. The van der Waals surface area contributed by atoms with Crippen molar-refractivity contribution in [1.82, 2.24) is 4.31 Å². The van der Waals surface area contributed by atoms with Crippen molar-refractivity contribution < 1.29 is 18.3 Å². The van der Waals surface area contributed by atoms with Crippen LogP contribution in [0.4, 0.5) is 0 Å². The molecule has 1 aliphatic rings. The van der Waals surface area contributed by atoms with Gasteiger partial charge in [-0.3, -0.25) is 4.79 Å². The number of benzene rings is 2.